The lowest BCUT2D eigenvalue weighted by atomic mass is 10.0. The van der Waals surface area contributed by atoms with Gasteiger partial charge in [-0.2, -0.15) is 0 Å². The van der Waals surface area contributed by atoms with Crippen LogP contribution in [-0.2, 0) is 9.59 Å². The number of amides is 2. The summed E-state index contributed by atoms with van der Waals surface area (Å²) in [5.41, 5.74) is 1.10. The van der Waals surface area contributed by atoms with Gasteiger partial charge in [0.25, 0.3) is 5.91 Å². The summed E-state index contributed by atoms with van der Waals surface area (Å²) in [6.07, 6.45) is -0.145. The molecule has 2 aromatic carbocycles. The van der Waals surface area contributed by atoms with E-state index in [4.69, 9.17) is 5.11 Å². The second-order valence-corrected chi connectivity index (χ2v) is 5.74. The number of hydrogen-bond acceptors (Lipinski definition) is 3. The van der Waals surface area contributed by atoms with Gasteiger partial charge in [0.05, 0.1) is 6.42 Å². The summed E-state index contributed by atoms with van der Waals surface area (Å²) in [7, 11) is 0. The Morgan fingerprint density at radius 1 is 1.00 bits per heavy atom. The molecule has 0 bridgehead atoms. The third-order valence-electron chi connectivity index (χ3n) is 3.98. The number of rotatable bonds is 8. The smallest absolute Gasteiger partial charge is 0.305 e. The van der Waals surface area contributed by atoms with Gasteiger partial charge in [0.1, 0.15) is 6.04 Å². The third-order valence-corrected chi connectivity index (χ3v) is 3.98. The molecule has 0 radical (unpaired) electrons. The molecule has 2 aromatic rings. The first-order chi connectivity index (χ1) is 12.5. The van der Waals surface area contributed by atoms with E-state index in [0.717, 1.165) is 0 Å². The van der Waals surface area contributed by atoms with E-state index in [1.807, 2.05) is 6.07 Å². The van der Waals surface area contributed by atoms with E-state index >= 15 is 0 Å². The summed E-state index contributed by atoms with van der Waals surface area (Å²) in [6, 6.07) is 16.7. The topological polar surface area (TPSA) is 86.7 Å². The zero-order chi connectivity index (χ0) is 18.9. The molecule has 26 heavy (non-hydrogen) atoms. The van der Waals surface area contributed by atoms with Crippen LogP contribution < -0.4 is 5.32 Å². The first-order valence-electron chi connectivity index (χ1n) is 8.44. The number of aliphatic carboxylic acids is 1. The fourth-order valence-corrected chi connectivity index (χ4v) is 2.57. The molecule has 0 spiro atoms. The largest absolute Gasteiger partial charge is 0.481 e. The molecule has 0 aliphatic carbocycles. The van der Waals surface area contributed by atoms with Crippen molar-refractivity contribution >= 4 is 17.8 Å². The van der Waals surface area contributed by atoms with Crippen molar-refractivity contribution in [1.29, 1.82) is 0 Å². The number of nitrogens with zero attached hydrogens (tertiary/aromatic N) is 1. The summed E-state index contributed by atoms with van der Waals surface area (Å²) in [5.74, 6) is -1.66. The van der Waals surface area contributed by atoms with Gasteiger partial charge in [-0.1, -0.05) is 48.5 Å². The monoisotopic (exact) mass is 354 g/mol. The lowest BCUT2D eigenvalue weighted by Gasteiger charge is -2.27. The Kier molecular flexibility index (Phi) is 6.91. The highest BCUT2D eigenvalue weighted by Crippen LogP contribution is 2.17. The van der Waals surface area contributed by atoms with Crippen LogP contribution in [0.15, 0.2) is 60.7 Å². The van der Waals surface area contributed by atoms with Gasteiger partial charge in [0.15, 0.2) is 0 Å². The maximum Gasteiger partial charge on any atom is 0.305 e. The van der Waals surface area contributed by atoms with Crippen LogP contribution in [-0.4, -0.2) is 40.9 Å². The van der Waals surface area contributed by atoms with Gasteiger partial charge in [-0.25, -0.2) is 0 Å². The molecule has 2 rings (SSSR count). The van der Waals surface area contributed by atoms with Crippen molar-refractivity contribution in [3.05, 3.63) is 71.8 Å². The van der Waals surface area contributed by atoms with Crippen molar-refractivity contribution in [2.75, 3.05) is 13.1 Å². The molecule has 1 unspecified atom stereocenters. The molecule has 2 N–H and O–H groups in total. The standard InChI is InChI=1S/C20H22N2O4/c1-2-22(14-13-17(23)24)20(26)18(15-9-5-3-6-10-15)21-19(25)16-11-7-4-8-12-16/h3-12,18H,2,13-14H2,1H3,(H,21,25)(H,23,24). The van der Waals surface area contributed by atoms with Crippen molar-refractivity contribution in [3.63, 3.8) is 0 Å². The number of carboxylic acids is 1. The quantitative estimate of drug-likeness (QED) is 0.762. The minimum Gasteiger partial charge on any atom is -0.481 e. The normalized spacial score (nSPS) is 11.4. The van der Waals surface area contributed by atoms with Crippen molar-refractivity contribution in [3.8, 4) is 0 Å². The Hall–Kier alpha value is -3.15. The lowest BCUT2D eigenvalue weighted by molar-refractivity contribution is -0.139. The average molecular weight is 354 g/mol. The molecule has 0 aromatic heterocycles. The van der Waals surface area contributed by atoms with Gasteiger partial charge >= 0.3 is 5.97 Å². The molecule has 0 saturated carbocycles. The van der Waals surface area contributed by atoms with E-state index in [-0.39, 0.29) is 24.8 Å². The maximum absolute atomic E-state index is 13.0. The second kappa shape index (κ2) is 9.36. The molecule has 0 aliphatic heterocycles. The molecule has 0 fully saturated rings. The van der Waals surface area contributed by atoms with Crippen LogP contribution in [0.1, 0.15) is 35.3 Å². The lowest BCUT2D eigenvalue weighted by Crippen LogP contribution is -2.43. The third kappa shape index (κ3) is 5.17. The number of carbonyl (C=O) groups excluding carboxylic acids is 2. The van der Waals surface area contributed by atoms with Crippen LogP contribution in [0.2, 0.25) is 0 Å². The van der Waals surface area contributed by atoms with Crippen LogP contribution in [0, 0.1) is 0 Å². The fourth-order valence-electron chi connectivity index (χ4n) is 2.57. The summed E-state index contributed by atoms with van der Waals surface area (Å²) in [6.45, 7) is 2.23. The van der Waals surface area contributed by atoms with E-state index in [9.17, 15) is 14.4 Å². The summed E-state index contributed by atoms with van der Waals surface area (Å²) < 4.78 is 0. The molecule has 0 heterocycles. The fraction of sp³-hybridized carbons (Fsp3) is 0.250. The number of hydrogen-bond donors (Lipinski definition) is 2. The Morgan fingerprint density at radius 2 is 1.58 bits per heavy atom. The number of carboxylic acid groups (broad SMARTS) is 1. The SMILES string of the molecule is CCN(CCC(=O)O)C(=O)C(NC(=O)c1ccccc1)c1ccccc1. The zero-order valence-corrected chi connectivity index (χ0v) is 14.6. The highest BCUT2D eigenvalue weighted by molar-refractivity contribution is 5.97. The van der Waals surface area contributed by atoms with E-state index in [2.05, 4.69) is 5.32 Å². The predicted molar refractivity (Wildman–Crippen MR) is 97.6 cm³/mol. The number of likely N-dealkylation sites (N-methyl/N-ethyl adjacent to an activating group) is 1. The van der Waals surface area contributed by atoms with Gasteiger partial charge in [-0.05, 0) is 24.6 Å². The van der Waals surface area contributed by atoms with Crippen molar-refractivity contribution in [2.45, 2.75) is 19.4 Å². The Bertz CT molecular complexity index is 747. The molecule has 2 amide bonds. The molecule has 6 heteroatoms. The molecule has 136 valence electrons. The molecular formula is C20H22N2O4. The van der Waals surface area contributed by atoms with E-state index in [0.29, 0.717) is 17.7 Å². The first kappa shape index (κ1) is 19.2. The summed E-state index contributed by atoms with van der Waals surface area (Å²) in [5, 5.41) is 11.7. The summed E-state index contributed by atoms with van der Waals surface area (Å²) in [4.78, 5) is 37.8. The van der Waals surface area contributed by atoms with Crippen molar-refractivity contribution < 1.29 is 19.5 Å². The van der Waals surface area contributed by atoms with Crippen LogP contribution in [0.3, 0.4) is 0 Å². The number of carbonyl (C=O) groups is 3. The van der Waals surface area contributed by atoms with E-state index < -0.39 is 12.0 Å². The average Bonchev–Trinajstić information content (AvgIpc) is 2.67. The second-order valence-electron chi connectivity index (χ2n) is 5.74. The zero-order valence-electron chi connectivity index (χ0n) is 14.6. The number of benzene rings is 2. The van der Waals surface area contributed by atoms with Gasteiger partial charge in [0.2, 0.25) is 5.91 Å². The van der Waals surface area contributed by atoms with Crippen LogP contribution in [0.25, 0.3) is 0 Å². The van der Waals surface area contributed by atoms with Crippen LogP contribution in [0.5, 0.6) is 0 Å². The molecule has 0 saturated heterocycles. The van der Waals surface area contributed by atoms with Crippen molar-refractivity contribution in [2.24, 2.45) is 0 Å². The van der Waals surface area contributed by atoms with Gasteiger partial charge in [-0.15, -0.1) is 0 Å². The highest BCUT2D eigenvalue weighted by atomic mass is 16.4. The number of nitrogens with one attached hydrogen (secondary N) is 1. The minimum absolute atomic E-state index is 0.0925. The summed E-state index contributed by atoms with van der Waals surface area (Å²) >= 11 is 0. The first-order valence-corrected chi connectivity index (χ1v) is 8.44. The van der Waals surface area contributed by atoms with E-state index in [1.165, 1.54) is 4.90 Å². The maximum atomic E-state index is 13.0. The predicted octanol–water partition coefficient (Wildman–Crippen LogP) is 2.48. The van der Waals surface area contributed by atoms with Crippen LogP contribution in [0.4, 0.5) is 0 Å². The van der Waals surface area contributed by atoms with Gasteiger partial charge in [0, 0.05) is 18.7 Å². The minimum atomic E-state index is -0.971. The molecular weight excluding hydrogens is 332 g/mol. The highest BCUT2D eigenvalue weighted by Gasteiger charge is 2.27. The van der Waals surface area contributed by atoms with Gasteiger partial charge < -0.3 is 15.3 Å². The van der Waals surface area contributed by atoms with Crippen molar-refractivity contribution in [1.82, 2.24) is 10.2 Å². The van der Waals surface area contributed by atoms with Crippen LogP contribution >= 0.6 is 0 Å². The van der Waals surface area contributed by atoms with Gasteiger partial charge in [-0.3, -0.25) is 14.4 Å². The molecule has 0 aliphatic rings. The molecule has 1 atom stereocenters. The molecule has 6 nitrogen and oxygen atoms in total. The Labute approximate surface area is 152 Å². The Balaban J connectivity index is 2.24. The Morgan fingerprint density at radius 3 is 2.12 bits per heavy atom. The van der Waals surface area contributed by atoms with E-state index in [1.54, 1.807) is 61.5 Å².